The maximum atomic E-state index is 6.31. The van der Waals surface area contributed by atoms with Crippen molar-refractivity contribution in [3.8, 4) is 11.1 Å². The fourth-order valence-corrected chi connectivity index (χ4v) is 2.12. The van der Waals surface area contributed by atoms with Gasteiger partial charge < -0.3 is 5.73 Å². The van der Waals surface area contributed by atoms with Gasteiger partial charge in [-0.3, -0.25) is 10.1 Å². The average Bonchev–Trinajstić information content (AvgIpc) is 2.98. The molecule has 0 aliphatic carbocycles. The largest absolute Gasteiger partial charge is 0.319 e. The molecular weight excluding hydrogens is 236 g/mol. The first kappa shape index (κ1) is 11.6. The van der Waals surface area contributed by atoms with Gasteiger partial charge in [-0.15, -0.1) is 0 Å². The van der Waals surface area contributed by atoms with E-state index in [0.29, 0.717) is 0 Å². The van der Waals surface area contributed by atoms with Crippen molar-refractivity contribution >= 4 is 0 Å². The lowest BCUT2D eigenvalue weighted by Crippen LogP contribution is -2.13. The molecule has 0 aliphatic rings. The van der Waals surface area contributed by atoms with Gasteiger partial charge in [-0.25, -0.2) is 0 Å². The molecule has 19 heavy (non-hydrogen) atoms. The van der Waals surface area contributed by atoms with Crippen molar-refractivity contribution in [1.82, 2.24) is 15.2 Å². The molecule has 0 spiro atoms. The van der Waals surface area contributed by atoms with Gasteiger partial charge in [0.2, 0.25) is 0 Å². The maximum absolute atomic E-state index is 6.31. The van der Waals surface area contributed by atoms with Gasteiger partial charge in [-0.1, -0.05) is 30.3 Å². The molecule has 3 rings (SSSR count). The number of aromatic amines is 1. The Kier molecular flexibility index (Phi) is 3.08. The Bertz CT molecular complexity index is 646. The summed E-state index contributed by atoms with van der Waals surface area (Å²) in [4.78, 5) is 4.03. The third kappa shape index (κ3) is 2.26. The molecule has 4 heteroatoms. The number of rotatable bonds is 3. The molecule has 4 nitrogen and oxygen atoms in total. The second kappa shape index (κ2) is 5.04. The monoisotopic (exact) mass is 250 g/mol. The fraction of sp³-hybridized carbons (Fsp3) is 0.0667. The van der Waals surface area contributed by atoms with E-state index in [-0.39, 0.29) is 6.04 Å². The lowest BCUT2D eigenvalue weighted by Gasteiger charge is -2.12. The van der Waals surface area contributed by atoms with E-state index >= 15 is 0 Å². The molecule has 1 aromatic carbocycles. The van der Waals surface area contributed by atoms with E-state index in [1.165, 1.54) is 0 Å². The number of hydrogen-bond acceptors (Lipinski definition) is 3. The summed E-state index contributed by atoms with van der Waals surface area (Å²) in [5.74, 6) is 0. The second-order valence-corrected chi connectivity index (χ2v) is 4.32. The van der Waals surface area contributed by atoms with Gasteiger partial charge in [0, 0.05) is 18.0 Å². The van der Waals surface area contributed by atoms with Crippen LogP contribution >= 0.6 is 0 Å². The van der Waals surface area contributed by atoms with Crippen molar-refractivity contribution in [2.24, 2.45) is 5.73 Å². The van der Waals surface area contributed by atoms with E-state index in [1.807, 2.05) is 42.5 Å². The highest BCUT2D eigenvalue weighted by Gasteiger charge is 2.16. The fourth-order valence-electron chi connectivity index (χ4n) is 2.12. The molecule has 0 saturated heterocycles. The third-order valence-electron chi connectivity index (χ3n) is 3.13. The summed E-state index contributed by atoms with van der Waals surface area (Å²) in [6, 6.07) is 13.7. The van der Waals surface area contributed by atoms with Crippen molar-refractivity contribution in [3.05, 3.63) is 72.3 Å². The predicted octanol–water partition coefficient (Wildman–Crippen LogP) is 2.52. The summed E-state index contributed by atoms with van der Waals surface area (Å²) in [6.45, 7) is 0. The van der Waals surface area contributed by atoms with Crippen LogP contribution in [0.15, 0.2) is 61.1 Å². The Balaban J connectivity index is 2.01. The molecule has 2 aromatic heterocycles. The number of benzene rings is 1. The Morgan fingerprint density at radius 3 is 2.47 bits per heavy atom. The van der Waals surface area contributed by atoms with Crippen LogP contribution in [-0.4, -0.2) is 15.2 Å². The van der Waals surface area contributed by atoms with Crippen LogP contribution in [0.3, 0.4) is 0 Å². The summed E-state index contributed by atoms with van der Waals surface area (Å²) in [6.07, 6.45) is 5.33. The highest BCUT2D eigenvalue weighted by molar-refractivity contribution is 5.65. The van der Waals surface area contributed by atoms with E-state index < -0.39 is 0 Å². The Morgan fingerprint density at radius 1 is 1.00 bits per heavy atom. The third-order valence-corrected chi connectivity index (χ3v) is 3.13. The van der Waals surface area contributed by atoms with Gasteiger partial charge in [0.15, 0.2) is 0 Å². The van der Waals surface area contributed by atoms with Crippen molar-refractivity contribution in [2.45, 2.75) is 6.04 Å². The SMILES string of the molecule is N[C@H](c1ccccc1)c1[nH]ncc1-c1ccncc1. The zero-order valence-corrected chi connectivity index (χ0v) is 10.3. The minimum Gasteiger partial charge on any atom is -0.319 e. The number of pyridine rings is 1. The van der Waals surface area contributed by atoms with E-state index in [0.717, 1.165) is 22.4 Å². The first-order valence-corrected chi connectivity index (χ1v) is 6.10. The molecule has 3 N–H and O–H groups in total. The Hall–Kier alpha value is -2.46. The minimum absolute atomic E-state index is 0.216. The van der Waals surface area contributed by atoms with Crippen LogP contribution in [0.2, 0.25) is 0 Å². The van der Waals surface area contributed by atoms with Gasteiger partial charge in [-0.2, -0.15) is 5.10 Å². The van der Waals surface area contributed by atoms with Crippen LogP contribution in [0.4, 0.5) is 0 Å². The van der Waals surface area contributed by atoms with Gasteiger partial charge in [0.05, 0.1) is 17.9 Å². The van der Waals surface area contributed by atoms with E-state index in [9.17, 15) is 0 Å². The van der Waals surface area contributed by atoms with Crippen LogP contribution < -0.4 is 5.73 Å². The Morgan fingerprint density at radius 2 is 1.74 bits per heavy atom. The van der Waals surface area contributed by atoms with Crippen LogP contribution in [0.5, 0.6) is 0 Å². The van der Waals surface area contributed by atoms with Crippen molar-refractivity contribution < 1.29 is 0 Å². The van der Waals surface area contributed by atoms with Crippen molar-refractivity contribution in [2.75, 3.05) is 0 Å². The summed E-state index contributed by atoms with van der Waals surface area (Å²) in [5, 5.41) is 7.13. The first-order valence-electron chi connectivity index (χ1n) is 6.10. The standard InChI is InChI=1S/C15H14N4/c16-14(12-4-2-1-3-5-12)15-13(10-18-19-15)11-6-8-17-9-7-11/h1-10,14H,16H2,(H,18,19)/t14-/m1/s1. The van der Waals surface area contributed by atoms with E-state index in [1.54, 1.807) is 18.6 Å². The first-order chi connectivity index (χ1) is 9.36. The highest BCUT2D eigenvalue weighted by Crippen LogP contribution is 2.28. The summed E-state index contributed by atoms with van der Waals surface area (Å²) < 4.78 is 0. The van der Waals surface area contributed by atoms with Crippen molar-refractivity contribution in [3.63, 3.8) is 0 Å². The zero-order valence-electron chi connectivity index (χ0n) is 10.3. The predicted molar refractivity (Wildman–Crippen MR) is 74.3 cm³/mol. The average molecular weight is 250 g/mol. The number of nitrogens with two attached hydrogens (primary N) is 1. The minimum atomic E-state index is -0.216. The lowest BCUT2D eigenvalue weighted by molar-refractivity contribution is 0.818. The lowest BCUT2D eigenvalue weighted by atomic mass is 9.99. The molecule has 2 heterocycles. The van der Waals surface area contributed by atoms with Gasteiger partial charge in [-0.05, 0) is 23.3 Å². The maximum Gasteiger partial charge on any atom is 0.0727 e. The van der Waals surface area contributed by atoms with Crippen LogP contribution in [-0.2, 0) is 0 Å². The van der Waals surface area contributed by atoms with Crippen LogP contribution in [0.25, 0.3) is 11.1 Å². The molecule has 0 amide bonds. The number of hydrogen-bond donors (Lipinski definition) is 2. The van der Waals surface area contributed by atoms with E-state index in [2.05, 4.69) is 15.2 Å². The van der Waals surface area contributed by atoms with Gasteiger partial charge in [0.25, 0.3) is 0 Å². The van der Waals surface area contributed by atoms with Crippen LogP contribution in [0.1, 0.15) is 17.3 Å². The molecule has 3 aromatic rings. The molecule has 0 aliphatic heterocycles. The topological polar surface area (TPSA) is 67.6 Å². The quantitative estimate of drug-likeness (QED) is 0.750. The molecular formula is C15H14N4. The van der Waals surface area contributed by atoms with E-state index in [4.69, 9.17) is 5.73 Å². The molecule has 0 radical (unpaired) electrons. The second-order valence-electron chi connectivity index (χ2n) is 4.32. The highest BCUT2D eigenvalue weighted by atomic mass is 15.1. The zero-order chi connectivity index (χ0) is 13.1. The number of nitrogens with one attached hydrogen (secondary N) is 1. The summed E-state index contributed by atoms with van der Waals surface area (Å²) in [7, 11) is 0. The number of nitrogens with zero attached hydrogens (tertiary/aromatic N) is 2. The smallest absolute Gasteiger partial charge is 0.0727 e. The van der Waals surface area contributed by atoms with Gasteiger partial charge in [0.1, 0.15) is 0 Å². The van der Waals surface area contributed by atoms with Crippen LogP contribution in [0, 0.1) is 0 Å². The Labute approximate surface area is 111 Å². The normalized spacial score (nSPS) is 12.3. The molecule has 1 atom stereocenters. The molecule has 94 valence electrons. The number of aromatic nitrogens is 3. The number of H-pyrrole nitrogens is 1. The summed E-state index contributed by atoms with van der Waals surface area (Å²) in [5.41, 5.74) is 10.4. The molecule has 0 saturated carbocycles. The van der Waals surface area contributed by atoms with Gasteiger partial charge >= 0.3 is 0 Å². The molecule has 0 bridgehead atoms. The molecule has 0 unspecified atom stereocenters. The van der Waals surface area contributed by atoms with Crippen molar-refractivity contribution in [1.29, 1.82) is 0 Å². The summed E-state index contributed by atoms with van der Waals surface area (Å²) >= 11 is 0. The molecule has 0 fully saturated rings.